The van der Waals surface area contributed by atoms with Gasteiger partial charge in [0.2, 0.25) is 13.6 Å². The van der Waals surface area contributed by atoms with Gasteiger partial charge in [0.05, 0.1) is 14.2 Å². The van der Waals surface area contributed by atoms with Crippen LogP contribution in [0.5, 0.6) is 0 Å². The fourth-order valence-electron chi connectivity index (χ4n) is 1.26. The number of esters is 2. The summed E-state index contributed by atoms with van der Waals surface area (Å²) in [6.07, 6.45) is -0.0119. The van der Waals surface area contributed by atoms with Crippen molar-refractivity contribution in [2.45, 2.75) is 32.1 Å². The minimum Gasteiger partial charge on any atom is -0.438 e. The number of hydrogen-bond acceptors (Lipinski definition) is 10. The number of hydrogen-bond donors (Lipinski definition) is 0. The summed E-state index contributed by atoms with van der Waals surface area (Å²) < 4.78 is 26.3. The van der Waals surface area contributed by atoms with Gasteiger partial charge >= 0.3 is 24.2 Å². The van der Waals surface area contributed by atoms with E-state index in [4.69, 9.17) is 0 Å². The Hall–Kier alpha value is -2.52. The van der Waals surface area contributed by atoms with E-state index in [0.29, 0.717) is 19.3 Å². The maximum atomic E-state index is 11.2. The summed E-state index contributed by atoms with van der Waals surface area (Å²) in [5, 5.41) is 0. The van der Waals surface area contributed by atoms with Crippen LogP contribution < -0.4 is 0 Å². The van der Waals surface area contributed by atoms with Crippen LogP contribution in [0.4, 0.5) is 9.59 Å². The van der Waals surface area contributed by atoms with E-state index < -0.39 is 37.8 Å². The van der Waals surface area contributed by atoms with E-state index in [2.05, 4.69) is 28.4 Å². The van der Waals surface area contributed by atoms with Gasteiger partial charge in [0.1, 0.15) is 0 Å². The third kappa shape index (κ3) is 12.9. The largest absolute Gasteiger partial charge is 0.510 e. The van der Waals surface area contributed by atoms with Crippen LogP contribution in [0, 0.1) is 0 Å². The molecule has 0 aromatic heterocycles. The molecule has 0 aromatic rings. The van der Waals surface area contributed by atoms with Gasteiger partial charge in [-0.25, -0.2) is 9.59 Å². The molecule has 0 bridgehead atoms. The van der Waals surface area contributed by atoms with E-state index in [9.17, 15) is 19.2 Å². The van der Waals surface area contributed by atoms with Crippen LogP contribution in [0.3, 0.4) is 0 Å². The second-order valence-corrected chi connectivity index (χ2v) is 4.03. The Kier molecular flexibility index (Phi) is 11.7. The Morgan fingerprint density at radius 1 is 0.609 bits per heavy atom. The summed E-state index contributed by atoms with van der Waals surface area (Å²) >= 11 is 0. The highest BCUT2D eigenvalue weighted by atomic mass is 16.8. The van der Waals surface area contributed by atoms with Gasteiger partial charge in [-0.15, -0.1) is 0 Å². The van der Waals surface area contributed by atoms with Crippen molar-refractivity contribution in [2.24, 2.45) is 0 Å². The van der Waals surface area contributed by atoms with Gasteiger partial charge in [0.15, 0.2) is 0 Å². The summed E-state index contributed by atoms with van der Waals surface area (Å²) in [7, 11) is 2.27. The van der Waals surface area contributed by atoms with Crippen molar-refractivity contribution in [1.82, 2.24) is 0 Å². The molecule has 0 atom stereocenters. The Balaban J connectivity index is 3.46. The van der Waals surface area contributed by atoms with E-state index in [-0.39, 0.29) is 12.8 Å². The first-order chi connectivity index (χ1) is 11.0. The number of carbonyl (C=O) groups excluding carboxylic acids is 4. The van der Waals surface area contributed by atoms with Crippen LogP contribution >= 0.6 is 0 Å². The fourth-order valence-corrected chi connectivity index (χ4v) is 1.26. The highest BCUT2D eigenvalue weighted by Gasteiger charge is 2.08. The molecular formula is C13H20O10. The van der Waals surface area contributed by atoms with Crippen LogP contribution in [0.1, 0.15) is 32.1 Å². The quantitative estimate of drug-likeness (QED) is 0.251. The molecule has 10 heteroatoms. The lowest BCUT2D eigenvalue weighted by molar-refractivity contribution is -0.153. The molecule has 0 aliphatic rings. The zero-order valence-electron chi connectivity index (χ0n) is 13.0. The monoisotopic (exact) mass is 336 g/mol. The lowest BCUT2D eigenvalue weighted by Crippen LogP contribution is -2.13. The van der Waals surface area contributed by atoms with Gasteiger partial charge in [0, 0.05) is 12.8 Å². The SMILES string of the molecule is COC(=O)OCOC(=O)CCCCCC(=O)OCOC(=O)OC. The molecule has 0 amide bonds. The molecule has 10 nitrogen and oxygen atoms in total. The van der Waals surface area contributed by atoms with Crippen molar-refractivity contribution in [2.75, 3.05) is 27.8 Å². The second kappa shape index (κ2) is 13.2. The van der Waals surface area contributed by atoms with E-state index in [1.54, 1.807) is 0 Å². The molecule has 0 saturated heterocycles. The van der Waals surface area contributed by atoms with Crippen LogP contribution in [0.15, 0.2) is 0 Å². The van der Waals surface area contributed by atoms with Gasteiger partial charge < -0.3 is 28.4 Å². The van der Waals surface area contributed by atoms with Gasteiger partial charge in [-0.05, 0) is 12.8 Å². The molecule has 0 aliphatic carbocycles. The Morgan fingerprint density at radius 3 is 1.35 bits per heavy atom. The van der Waals surface area contributed by atoms with Gasteiger partial charge in [-0.3, -0.25) is 9.59 Å². The standard InChI is InChI=1S/C13H20O10/c1-18-12(16)22-8-20-10(14)6-4-3-5-7-11(15)21-9-23-13(17)19-2/h3-9H2,1-2H3. The maximum Gasteiger partial charge on any atom is 0.510 e. The average Bonchev–Trinajstić information content (AvgIpc) is 2.54. The zero-order valence-corrected chi connectivity index (χ0v) is 13.0. The van der Waals surface area contributed by atoms with Gasteiger partial charge in [0.25, 0.3) is 0 Å². The number of methoxy groups -OCH3 is 2. The highest BCUT2D eigenvalue weighted by molar-refractivity contribution is 5.70. The van der Waals surface area contributed by atoms with Crippen molar-refractivity contribution in [3.05, 3.63) is 0 Å². The minimum atomic E-state index is -0.938. The molecule has 0 rings (SSSR count). The number of carbonyl (C=O) groups is 4. The highest BCUT2D eigenvalue weighted by Crippen LogP contribution is 2.05. The van der Waals surface area contributed by atoms with Crippen molar-refractivity contribution >= 4 is 24.2 Å². The topological polar surface area (TPSA) is 124 Å². The molecule has 0 fully saturated rings. The Morgan fingerprint density at radius 2 is 1.00 bits per heavy atom. The predicted molar refractivity (Wildman–Crippen MR) is 72.0 cm³/mol. The lowest BCUT2D eigenvalue weighted by atomic mass is 10.1. The van der Waals surface area contributed by atoms with Crippen molar-refractivity contribution in [3.63, 3.8) is 0 Å². The summed E-state index contributed by atoms with van der Waals surface area (Å²) in [5.41, 5.74) is 0. The molecule has 0 aliphatic heterocycles. The minimum absolute atomic E-state index is 0.130. The molecule has 0 N–H and O–H groups in total. The van der Waals surface area contributed by atoms with E-state index in [0.717, 1.165) is 14.2 Å². The summed E-state index contributed by atoms with van der Waals surface area (Å²) in [5.74, 6) is -1.05. The van der Waals surface area contributed by atoms with E-state index in [1.165, 1.54) is 0 Å². The van der Waals surface area contributed by atoms with E-state index >= 15 is 0 Å². The molecule has 0 unspecified atom stereocenters. The number of ether oxygens (including phenoxy) is 6. The molecule has 132 valence electrons. The van der Waals surface area contributed by atoms with Crippen LogP contribution in [-0.2, 0) is 38.0 Å². The maximum absolute atomic E-state index is 11.2. The van der Waals surface area contributed by atoms with Crippen LogP contribution in [-0.4, -0.2) is 52.1 Å². The van der Waals surface area contributed by atoms with Gasteiger partial charge in [-0.2, -0.15) is 0 Å². The zero-order chi connectivity index (χ0) is 17.5. The first-order valence-electron chi connectivity index (χ1n) is 6.72. The number of rotatable bonds is 10. The first-order valence-corrected chi connectivity index (χ1v) is 6.72. The summed E-state index contributed by atoms with van der Waals surface area (Å²) in [6.45, 7) is -1.00. The van der Waals surface area contributed by atoms with E-state index in [1.807, 2.05) is 0 Å². The molecule has 0 spiro atoms. The summed E-state index contributed by atoms with van der Waals surface area (Å²) in [4.78, 5) is 43.6. The Labute approximate surface area is 132 Å². The number of unbranched alkanes of at least 4 members (excludes halogenated alkanes) is 2. The van der Waals surface area contributed by atoms with Gasteiger partial charge in [-0.1, -0.05) is 6.42 Å². The molecule has 0 aromatic carbocycles. The van der Waals surface area contributed by atoms with Crippen molar-refractivity contribution < 1.29 is 47.6 Å². The summed E-state index contributed by atoms with van der Waals surface area (Å²) in [6, 6.07) is 0. The first kappa shape index (κ1) is 20.5. The smallest absolute Gasteiger partial charge is 0.438 e. The molecule has 0 heterocycles. The molecular weight excluding hydrogens is 316 g/mol. The van der Waals surface area contributed by atoms with Crippen molar-refractivity contribution in [3.8, 4) is 0 Å². The van der Waals surface area contributed by atoms with Crippen LogP contribution in [0.2, 0.25) is 0 Å². The Bertz CT molecular complexity index is 356. The normalized spacial score (nSPS) is 9.48. The molecule has 0 radical (unpaired) electrons. The van der Waals surface area contributed by atoms with Crippen LogP contribution in [0.25, 0.3) is 0 Å². The lowest BCUT2D eigenvalue weighted by Gasteiger charge is -2.06. The van der Waals surface area contributed by atoms with Crippen molar-refractivity contribution in [1.29, 1.82) is 0 Å². The second-order valence-electron chi connectivity index (χ2n) is 4.03. The third-order valence-electron chi connectivity index (χ3n) is 2.39. The molecule has 0 saturated carbocycles. The predicted octanol–water partition coefficient (Wildman–Crippen LogP) is 1.50. The average molecular weight is 336 g/mol. The fraction of sp³-hybridized carbons (Fsp3) is 0.692. The third-order valence-corrected chi connectivity index (χ3v) is 2.39. The molecule has 23 heavy (non-hydrogen) atoms.